The summed E-state index contributed by atoms with van der Waals surface area (Å²) in [5, 5.41) is -3.19. The van der Waals surface area contributed by atoms with Crippen LogP contribution < -0.4 is 0 Å². The second-order valence-corrected chi connectivity index (χ2v) is 14.2. The van der Waals surface area contributed by atoms with Crippen LogP contribution in [0.2, 0.25) is 0 Å². The van der Waals surface area contributed by atoms with E-state index in [1.54, 1.807) is 0 Å². The summed E-state index contributed by atoms with van der Waals surface area (Å²) in [6.07, 6.45) is -0.736. The molecule has 280 valence electrons. The van der Waals surface area contributed by atoms with E-state index >= 15 is 0 Å². The van der Waals surface area contributed by atoms with Gasteiger partial charge in [-0.3, -0.25) is 0 Å². The van der Waals surface area contributed by atoms with E-state index in [4.69, 9.17) is 20.6 Å². The third-order valence-electron chi connectivity index (χ3n) is 11.2. The first-order valence-electron chi connectivity index (χ1n) is 33.9. The van der Waals surface area contributed by atoms with Gasteiger partial charge in [0.05, 0.1) is 104 Å². The third-order valence-corrected chi connectivity index (χ3v) is 11.2. The van der Waals surface area contributed by atoms with Crippen molar-refractivity contribution >= 4 is 87.2 Å². The summed E-state index contributed by atoms with van der Waals surface area (Å²) in [6, 6.07) is -26.1. The van der Waals surface area contributed by atoms with Gasteiger partial charge >= 0.3 is 0 Å². The van der Waals surface area contributed by atoms with Crippen molar-refractivity contribution in [3.05, 3.63) is 204 Å². The highest BCUT2D eigenvalue weighted by atomic mass is 15.1. The van der Waals surface area contributed by atoms with Gasteiger partial charge in [0.2, 0.25) is 0 Å². The maximum Gasteiger partial charge on any atom is 0.0702 e. The SMILES string of the molecule is [2H]c1c([2H])c([2H])c(-n2c3c([2H])c([2H])c([2H])c([2H])c3c3c4c(c([2H])c([2H])c32)-n2c3c([2H])c([2H])c([2H])c([2H])c3c3c([2H])c(-n5c6c([2H])c([2H])c([2H])c([2H])c6c6c([2H])c([2H])c([2H])c([2H])c65)c([2H])c(c32)C4)c(-n2c3c([2H])c([2H])c([2H])c([2H])c3c3c(C)c([2H])c([2H])c([2H])c32)c1[2H]. The van der Waals surface area contributed by atoms with E-state index in [-0.39, 0.29) is 38.4 Å². The number of nitrogens with zero attached hydrogens (tertiary/aromatic N) is 4. The lowest BCUT2D eigenvalue weighted by molar-refractivity contribution is 1.05. The Morgan fingerprint density at radius 2 is 0.833 bits per heavy atom. The molecule has 0 atom stereocenters. The van der Waals surface area contributed by atoms with Crippen LogP contribution in [0.4, 0.5) is 0 Å². The van der Waals surface area contributed by atoms with Gasteiger partial charge in [-0.1, -0.05) is 115 Å². The molecule has 0 saturated heterocycles. The summed E-state index contributed by atoms with van der Waals surface area (Å²) < 4.78 is 293. The summed E-state index contributed by atoms with van der Waals surface area (Å²) >= 11 is 0. The first-order chi connectivity index (χ1) is 42.6. The second-order valence-electron chi connectivity index (χ2n) is 14.2. The van der Waals surface area contributed by atoms with Crippen LogP contribution in [-0.2, 0) is 6.42 Å². The third kappa shape index (κ3) is 4.05. The normalized spacial score (nSPS) is 19.9. The monoisotopic (exact) mass is 795 g/mol. The van der Waals surface area contributed by atoms with Crippen molar-refractivity contribution in [2.75, 3.05) is 0 Å². The minimum atomic E-state index is -1.03. The van der Waals surface area contributed by atoms with Crippen LogP contribution in [0.15, 0.2) is 187 Å². The average Bonchev–Trinajstić information content (AvgIpc) is 1.53. The van der Waals surface area contributed by atoms with E-state index in [9.17, 15) is 21.9 Å². The topological polar surface area (TPSA) is 19.7 Å². The lowest BCUT2D eigenvalue weighted by atomic mass is 9.93. The quantitative estimate of drug-likeness (QED) is 0.170. The van der Waals surface area contributed by atoms with Gasteiger partial charge in [0, 0.05) is 55.2 Å². The van der Waals surface area contributed by atoms with Crippen LogP contribution in [0.3, 0.4) is 0 Å². The maximum atomic E-state index is 10.4. The minimum absolute atomic E-state index is 0.0877. The summed E-state index contributed by atoms with van der Waals surface area (Å²) in [6.45, 7) is 1.34. The molecule has 1 aliphatic heterocycles. The molecule has 4 nitrogen and oxygen atoms in total. The molecule has 0 N–H and O–H groups in total. The Balaban J connectivity index is 1.24. The van der Waals surface area contributed by atoms with Crippen molar-refractivity contribution in [1.29, 1.82) is 0 Å². The molecule has 4 aromatic heterocycles. The molecule has 0 bridgehead atoms. The zero-order chi connectivity index (χ0) is 66.2. The fourth-order valence-electron chi connectivity index (χ4n) is 8.92. The summed E-state index contributed by atoms with van der Waals surface area (Å²) in [5.41, 5.74) is -7.33. The number of fused-ring (bicyclic) bond motifs is 15. The first-order valence-corrected chi connectivity index (χ1v) is 18.4. The molecule has 5 heterocycles. The molecule has 14 rings (SSSR count). The lowest BCUT2D eigenvalue weighted by Gasteiger charge is -2.23. The predicted octanol–water partition coefficient (Wildman–Crippen LogP) is 14.3. The molecule has 0 spiro atoms. The van der Waals surface area contributed by atoms with Gasteiger partial charge in [-0.25, -0.2) is 0 Å². The molecule has 1 aliphatic rings. The van der Waals surface area contributed by atoms with Gasteiger partial charge in [-0.15, -0.1) is 0 Å². The van der Waals surface area contributed by atoms with Crippen LogP contribution in [-0.4, -0.2) is 18.3 Å². The fourth-order valence-corrected chi connectivity index (χ4v) is 8.92. The Hall–Kier alpha value is -7.82. The van der Waals surface area contributed by atoms with Crippen LogP contribution in [0.25, 0.3) is 110 Å². The van der Waals surface area contributed by atoms with Crippen molar-refractivity contribution in [3.63, 3.8) is 0 Å². The molecule has 0 amide bonds. The smallest absolute Gasteiger partial charge is 0.0702 e. The molecule has 9 aromatic carbocycles. The van der Waals surface area contributed by atoms with Crippen molar-refractivity contribution in [1.82, 2.24) is 18.3 Å². The van der Waals surface area contributed by atoms with E-state index < -0.39 is 282 Å². The van der Waals surface area contributed by atoms with Gasteiger partial charge in [-0.2, -0.15) is 0 Å². The highest BCUT2D eigenvalue weighted by Gasteiger charge is 2.28. The molecule has 0 radical (unpaired) electrons. The number of benzene rings is 9. The van der Waals surface area contributed by atoms with E-state index in [0.717, 1.165) is 18.3 Å². The Labute approximate surface area is 388 Å². The van der Waals surface area contributed by atoms with Crippen LogP contribution in [0, 0.1) is 6.92 Å². The van der Waals surface area contributed by atoms with E-state index in [2.05, 4.69) is 0 Å². The van der Waals surface area contributed by atoms with E-state index in [1.807, 2.05) is 0 Å². The van der Waals surface area contributed by atoms with Gasteiger partial charge in [0.1, 0.15) is 0 Å². The van der Waals surface area contributed by atoms with E-state index in [0.29, 0.717) is 0 Å². The Bertz CT molecular complexity index is 5680. The number of hydrogen-bond donors (Lipinski definition) is 0. The van der Waals surface area contributed by atoms with Crippen molar-refractivity contribution in [2.24, 2.45) is 0 Å². The number of para-hydroxylation sites is 7. The highest BCUT2D eigenvalue weighted by Crippen LogP contribution is 2.47. The average molecular weight is 796 g/mol. The number of hydrogen-bond acceptors (Lipinski definition) is 0. The largest absolute Gasteiger partial charge is 0.309 e. The van der Waals surface area contributed by atoms with Gasteiger partial charge in [-0.05, 0) is 96.1 Å². The van der Waals surface area contributed by atoms with Crippen molar-refractivity contribution in [2.45, 2.75) is 13.3 Å². The number of aromatic nitrogens is 4. The molecule has 4 heteroatoms. The molecular weight excluding hydrogens is 729 g/mol. The molecule has 0 fully saturated rings. The number of aryl methyl sites for hydroxylation is 1. The molecule has 60 heavy (non-hydrogen) atoms. The van der Waals surface area contributed by atoms with Gasteiger partial charge in [0.15, 0.2) is 0 Å². The minimum Gasteiger partial charge on any atom is -0.309 e. The summed E-state index contributed by atoms with van der Waals surface area (Å²) in [7, 11) is 0. The van der Waals surface area contributed by atoms with Crippen molar-refractivity contribution in [3.8, 4) is 22.7 Å². The predicted molar refractivity (Wildman–Crippen MR) is 251 cm³/mol. The molecule has 13 aromatic rings. The Morgan fingerprint density at radius 1 is 0.367 bits per heavy atom. The van der Waals surface area contributed by atoms with Crippen LogP contribution >= 0.6 is 0 Å². The standard InChI is InChI=1S/C56H36N4/c1-34-15-14-28-52-54(34)40-19-5-10-24-47(40)58(52)50-26-12-13-27-51(50)59-48-25-11-6-20-41(48)55-43-32-35-31-36(57-44-21-7-2-16-37(44)38-17-3-8-22-45(38)57)33-42-39-18-4-9-23-46(39)60(56(35)42)49(43)29-30-53(55)59/h2-31,33H,32H2,1H3/i2D,3D,4D,5D,6D,7D,8D,9D,10D,11D,12D,13D,14D,15D,16D,17D,18D,19D,20D,21D,22D,23D,24D,25D,26D,27D,28D,29D,30D,31D,33D. The highest BCUT2D eigenvalue weighted by molar-refractivity contribution is 6.17. The molecule has 0 aliphatic carbocycles. The lowest BCUT2D eigenvalue weighted by Crippen LogP contribution is -2.09. The molecule has 0 saturated carbocycles. The summed E-state index contributed by atoms with van der Waals surface area (Å²) in [4.78, 5) is 0. The zero-order valence-corrected chi connectivity index (χ0v) is 30.5. The van der Waals surface area contributed by atoms with Crippen LogP contribution in [0.5, 0.6) is 0 Å². The zero-order valence-electron chi connectivity index (χ0n) is 61.5. The van der Waals surface area contributed by atoms with E-state index in [1.165, 1.54) is 6.92 Å². The molecule has 0 unspecified atom stereocenters. The second kappa shape index (κ2) is 11.6. The first kappa shape index (κ1) is 14.8. The Kier molecular flexibility index (Phi) is 2.87. The Morgan fingerprint density at radius 3 is 1.45 bits per heavy atom. The summed E-state index contributed by atoms with van der Waals surface area (Å²) in [5.74, 6) is 0. The molecular formula is C56H36N4. The van der Waals surface area contributed by atoms with Gasteiger partial charge in [0.25, 0.3) is 0 Å². The van der Waals surface area contributed by atoms with Crippen molar-refractivity contribution < 1.29 is 42.5 Å². The maximum absolute atomic E-state index is 10.4. The number of rotatable bonds is 3. The fraction of sp³-hybridized carbons (Fsp3) is 0.0357. The van der Waals surface area contributed by atoms with Crippen LogP contribution in [0.1, 0.15) is 59.2 Å². The van der Waals surface area contributed by atoms with Gasteiger partial charge < -0.3 is 18.3 Å².